The van der Waals surface area contributed by atoms with Gasteiger partial charge in [-0.15, -0.1) is 0 Å². The molecule has 2 aromatic carbocycles. The first-order valence-electron chi connectivity index (χ1n) is 7.85. The lowest BCUT2D eigenvalue weighted by atomic mass is 10.1. The van der Waals surface area contributed by atoms with E-state index in [2.05, 4.69) is 4.74 Å². The van der Waals surface area contributed by atoms with Crippen molar-refractivity contribution < 1.29 is 19.1 Å². The molecule has 0 saturated heterocycles. The quantitative estimate of drug-likeness (QED) is 0.595. The Balaban J connectivity index is 2.03. The Hall–Kier alpha value is -3.14. The van der Waals surface area contributed by atoms with Crippen LogP contribution < -0.4 is 0 Å². The van der Waals surface area contributed by atoms with E-state index in [1.807, 2.05) is 61.5 Å². The van der Waals surface area contributed by atoms with Crippen LogP contribution in [0.1, 0.15) is 16.7 Å². The topological polar surface area (TPSA) is 52.6 Å². The molecule has 0 N–H and O–H groups in total. The predicted molar refractivity (Wildman–Crippen MR) is 97.6 cm³/mol. The lowest BCUT2D eigenvalue weighted by molar-refractivity contribution is -0.159. The number of carbonyl (C=O) groups excluding carboxylic acids is 2. The molecular weight excluding hydrogens is 316 g/mol. The third-order valence-electron chi connectivity index (χ3n) is 3.43. The summed E-state index contributed by atoms with van der Waals surface area (Å²) in [4.78, 5) is 23.8. The van der Waals surface area contributed by atoms with E-state index in [4.69, 9.17) is 4.74 Å². The number of hydrogen-bond acceptors (Lipinski definition) is 4. The Morgan fingerprint density at radius 2 is 1.56 bits per heavy atom. The first-order valence-corrected chi connectivity index (χ1v) is 7.85. The Kier molecular flexibility index (Phi) is 6.72. The van der Waals surface area contributed by atoms with Crippen molar-refractivity contribution in [2.75, 3.05) is 7.11 Å². The van der Waals surface area contributed by atoms with Gasteiger partial charge in [-0.2, -0.15) is 0 Å². The van der Waals surface area contributed by atoms with Gasteiger partial charge in [0.2, 0.25) is 6.10 Å². The largest absolute Gasteiger partial charge is 0.466 e. The Bertz CT molecular complexity index is 758. The fourth-order valence-corrected chi connectivity index (χ4v) is 2.05. The highest BCUT2D eigenvalue weighted by molar-refractivity contribution is 5.90. The highest BCUT2D eigenvalue weighted by atomic mass is 16.6. The van der Waals surface area contributed by atoms with E-state index < -0.39 is 18.0 Å². The molecule has 2 rings (SSSR count). The van der Waals surface area contributed by atoms with Gasteiger partial charge in [-0.05, 0) is 30.2 Å². The number of ether oxygens (including phenoxy) is 2. The summed E-state index contributed by atoms with van der Waals surface area (Å²) in [7, 11) is 1.25. The number of rotatable bonds is 6. The van der Waals surface area contributed by atoms with Crippen molar-refractivity contribution in [1.82, 2.24) is 0 Å². The normalized spacial score (nSPS) is 12.2. The van der Waals surface area contributed by atoms with Crippen molar-refractivity contribution in [2.45, 2.75) is 13.0 Å². The smallest absolute Gasteiger partial charge is 0.351 e. The summed E-state index contributed by atoms with van der Waals surface area (Å²) in [6, 6.07) is 17.1. The molecule has 0 amide bonds. The minimum absolute atomic E-state index is 0.617. The van der Waals surface area contributed by atoms with E-state index in [-0.39, 0.29) is 0 Å². The van der Waals surface area contributed by atoms with Gasteiger partial charge in [0.15, 0.2) is 0 Å². The molecule has 0 aliphatic carbocycles. The first kappa shape index (κ1) is 18.2. The van der Waals surface area contributed by atoms with Gasteiger partial charge in [-0.3, -0.25) is 0 Å². The van der Waals surface area contributed by atoms with Crippen LogP contribution in [0.25, 0.3) is 12.2 Å². The van der Waals surface area contributed by atoms with Crippen LogP contribution in [-0.4, -0.2) is 25.2 Å². The lowest BCUT2D eigenvalue weighted by Crippen LogP contribution is -2.25. The highest BCUT2D eigenvalue weighted by Crippen LogP contribution is 2.08. The van der Waals surface area contributed by atoms with Gasteiger partial charge in [0, 0.05) is 6.08 Å². The Morgan fingerprint density at radius 1 is 0.920 bits per heavy atom. The summed E-state index contributed by atoms with van der Waals surface area (Å²) >= 11 is 0. The van der Waals surface area contributed by atoms with Gasteiger partial charge in [0.05, 0.1) is 7.11 Å². The number of benzene rings is 2. The summed E-state index contributed by atoms with van der Waals surface area (Å²) in [5, 5.41) is 0. The summed E-state index contributed by atoms with van der Waals surface area (Å²) < 4.78 is 9.87. The summed E-state index contributed by atoms with van der Waals surface area (Å²) in [6.45, 7) is 1.99. The van der Waals surface area contributed by atoms with E-state index in [9.17, 15) is 9.59 Å². The average Bonchev–Trinajstić information content (AvgIpc) is 2.64. The minimum atomic E-state index is -1.10. The molecule has 128 valence electrons. The molecule has 1 atom stereocenters. The van der Waals surface area contributed by atoms with E-state index in [1.165, 1.54) is 19.3 Å². The highest BCUT2D eigenvalue weighted by Gasteiger charge is 2.19. The molecule has 0 unspecified atom stereocenters. The Morgan fingerprint density at radius 3 is 2.20 bits per heavy atom. The van der Waals surface area contributed by atoms with Gasteiger partial charge in [0.1, 0.15) is 0 Å². The predicted octanol–water partition coefficient (Wildman–Crippen LogP) is 3.81. The zero-order chi connectivity index (χ0) is 18.1. The molecular formula is C21H20O4. The number of methoxy groups -OCH3 is 1. The fraction of sp³-hybridized carbons (Fsp3) is 0.143. The van der Waals surface area contributed by atoms with Crippen LogP contribution in [0.15, 0.2) is 66.7 Å². The molecule has 0 spiro atoms. The second kappa shape index (κ2) is 9.23. The van der Waals surface area contributed by atoms with Crippen LogP contribution in [0.4, 0.5) is 0 Å². The van der Waals surface area contributed by atoms with Crippen LogP contribution in [0.3, 0.4) is 0 Å². The van der Waals surface area contributed by atoms with E-state index >= 15 is 0 Å². The van der Waals surface area contributed by atoms with Gasteiger partial charge in [-0.1, -0.05) is 66.2 Å². The van der Waals surface area contributed by atoms with Crippen molar-refractivity contribution in [3.63, 3.8) is 0 Å². The van der Waals surface area contributed by atoms with Gasteiger partial charge >= 0.3 is 11.9 Å². The maximum Gasteiger partial charge on any atom is 0.351 e. The SMILES string of the molecule is COC(=O)[C@@H](/C=C/c1ccccc1)OC(=O)/C=C/c1ccc(C)cc1. The summed E-state index contributed by atoms with van der Waals surface area (Å²) in [6.07, 6.45) is 5.03. The monoisotopic (exact) mass is 336 g/mol. The van der Waals surface area contributed by atoms with Crippen molar-refractivity contribution >= 4 is 24.1 Å². The second-order valence-electron chi connectivity index (χ2n) is 5.39. The fourth-order valence-electron chi connectivity index (χ4n) is 2.05. The van der Waals surface area contributed by atoms with Gasteiger partial charge in [-0.25, -0.2) is 9.59 Å². The number of esters is 2. The first-order chi connectivity index (χ1) is 12.1. The molecule has 0 saturated carbocycles. The van der Waals surface area contributed by atoms with Crippen molar-refractivity contribution in [3.05, 3.63) is 83.4 Å². The van der Waals surface area contributed by atoms with Crippen molar-refractivity contribution in [1.29, 1.82) is 0 Å². The molecule has 0 bridgehead atoms. The average molecular weight is 336 g/mol. The van der Waals surface area contributed by atoms with Crippen LogP contribution in [0.5, 0.6) is 0 Å². The maximum atomic E-state index is 12.0. The van der Waals surface area contributed by atoms with Crippen LogP contribution >= 0.6 is 0 Å². The molecule has 0 radical (unpaired) electrons. The lowest BCUT2D eigenvalue weighted by Gasteiger charge is -2.10. The third-order valence-corrected chi connectivity index (χ3v) is 3.43. The van der Waals surface area contributed by atoms with E-state index in [1.54, 1.807) is 12.2 Å². The maximum absolute atomic E-state index is 12.0. The molecule has 0 aromatic heterocycles. The van der Waals surface area contributed by atoms with Crippen LogP contribution in [-0.2, 0) is 19.1 Å². The van der Waals surface area contributed by atoms with E-state index in [0.717, 1.165) is 16.7 Å². The number of carbonyl (C=O) groups is 2. The van der Waals surface area contributed by atoms with E-state index in [0.29, 0.717) is 0 Å². The molecule has 0 aliphatic rings. The molecule has 4 nitrogen and oxygen atoms in total. The molecule has 0 heterocycles. The van der Waals surface area contributed by atoms with Crippen molar-refractivity contribution in [2.24, 2.45) is 0 Å². The molecule has 25 heavy (non-hydrogen) atoms. The second-order valence-corrected chi connectivity index (χ2v) is 5.39. The van der Waals surface area contributed by atoms with Gasteiger partial charge in [0.25, 0.3) is 0 Å². The Labute approximate surface area is 147 Å². The molecule has 0 aliphatic heterocycles. The third kappa shape index (κ3) is 6.11. The van der Waals surface area contributed by atoms with Crippen LogP contribution in [0.2, 0.25) is 0 Å². The number of aryl methyl sites for hydroxylation is 1. The minimum Gasteiger partial charge on any atom is -0.466 e. The van der Waals surface area contributed by atoms with Crippen molar-refractivity contribution in [3.8, 4) is 0 Å². The standard InChI is InChI=1S/C21H20O4/c1-16-8-10-18(11-9-16)13-15-20(22)25-19(21(23)24-2)14-12-17-6-4-3-5-7-17/h3-15,19H,1-2H3/b14-12+,15-13+/t19-/m1/s1. The summed E-state index contributed by atoms with van der Waals surface area (Å²) in [5.41, 5.74) is 2.90. The summed E-state index contributed by atoms with van der Waals surface area (Å²) in [5.74, 6) is -1.25. The zero-order valence-corrected chi connectivity index (χ0v) is 14.2. The van der Waals surface area contributed by atoms with Crippen LogP contribution in [0, 0.1) is 6.92 Å². The molecule has 0 fully saturated rings. The number of hydrogen-bond donors (Lipinski definition) is 0. The van der Waals surface area contributed by atoms with Gasteiger partial charge < -0.3 is 9.47 Å². The molecule has 4 heteroatoms. The molecule has 2 aromatic rings. The zero-order valence-electron chi connectivity index (χ0n) is 14.2.